The molecule has 2 aromatic carbocycles. The number of nitrogens with one attached hydrogen (secondary N) is 2. The molecule has 6 nitrogen and oxygen atoms in total. The highest BCUT2D eigenvalue weighted by Crippen LogP contribution is 2.31. The highest BCUT2D eigenvalue weighted by Gasteiger charge is 2.30. The highest BCUT2D eigenvalue weighted by atomic mass is 32.2. The van der Waals surface area contributed by atoms with Crippen molar-refractivity contribution in [3.8, 4) is 0 Å². The maximum atomic E-state index is 12.7. The zero-order chi connectivity index (χ0) is 21.1. The SMILES string of the molecule is O=C(CNc1cccc(C(F)(F)F)c1)NCCS(=O)(=O)N1CCc2ccccc21. The van der Waals surface area contributed by atoms with E-state index in [2.05, 4.69) is 10.6 Å². The Hall–Kier alpha value is -2.75. The van der Waals surface area contributed by atoms with E-state index >= 15 is 0 Å². The Morgan fingerprint density at radius 1 is 1.10 bits per heavy atom. The molecule has 1 aliphatic heterocycles. The second kappa shape index (κ2) is 8.32. The van der Waals surface area contributed by atoms with Crippen LogP contribution in [0.1, 0.15) is 11.1 Å². The van der Waals surface area contributed by atoms with Crippen LogP contribution in [0, 0.1) is 0 Å². The van der Waals surface area contributed by atoms with Gasteiger partial charge < -0.3 is 10.6 Å². The zero-order valence-corrected chi connectivity index (χ0v) is 16.2. The normalized spacial score (nSPS) is 13.8. The molecule has 10 heteroatoms. The Balaban J connectivity index is 1.48. The van der Waals surface area contributed by atoms with E-state index in [0.29, 0.717) is 18.7 Å². The predicted molar refractivity (Wildman–Crippen MR) is 104 cm³/mol. The molecule has 3 rings (SSSR count). The van der Waals surface area contributed by atoms with Crippen molar-refractivity contribution in [3.05, 3.63) is 59.7 Å². The van der Waals surface area contributed by atoms with Gasteiger partial charge in [-0.3, -0.25) is 9.10 Å². The van der Waals surface area contributed by atoms with Crippen molar-refractivity contribution in [1.29, 1.82) is 0 Å². The number of para-hydroxylation sites is 1. The number of hydrogen-bond donors (Lipinski definition) is 2. The van der Waals surface area contributed by atoms with E-state index in [1.54, 1.807) is 12.1 Å². The van der Waals surface area contributed by atoms with E-state index in [-0.39, 0.29) is 24.5 Å². The van der Waals surface area contributed by atoms with E-state index in [4.69, 9.17) is 0 Å². The molecule has 0 bridgehead atoms. The summed E-state index contributed by atoms with van der Waals surface area (Å²) in [6.07, 6.45) is -3.83. The second-order valence-electron chi connectivity index (χ2n) is 6.55. The minimum absolute atomic E-state index is 0.0932. The zero-order valence-electron chi connectivity index (χ0n) is 15.4. The highest BCUT2D eigenvalue weighted by molar-refractivity contribution is 7.92. The predicted octanol–water partition coefficient (Wildman–Crippen LogP) is 2.63. The van der Waals surface area contributed by atoms with Gasteiger partial charge >= 0.3 is 6.18 Å². The topological polar surface area (TPSA) is 78.5 Å². The van der Waals surface area contributed by atoms with E-state index in [9.17, 15) is 26.4 Å². The number of fused-ring (bicyclic) bond motifs is 1. The van der Waals surface area contributed by atoms with Crippen molar-refractivity contribution in [2.24, 2.45) is 0 Å². The number of sulfonamides is 1. The Morgan fingerprint density at radius 3 is 2.62 bits per heavy atom. The fourth-order valence-corrected chi connectivity index (χ4v) is 4.50. The summed E-state index contributed by atoms with van der Waals surface area (Å²) in [5.41, 5.74) is 0.951. The molecule has 1 amide bonds. The summed E-state index contributed by atoms with van der Waals surface area (Å²) >= 11 is 0. The summed E-state index contributed by atoms with van der Waals surface area (Å²) in [5, 5.41) is 5.07. The molecule has 1 heterocycles. The van der Waals surface area contributed by atoms with Crippen LogP contribution in [0.25, 0.3) is 0 Å². The van der Waals surface area contributed by atoms with Gasteiger partial charge in [-0.2, -0.15) is 13.2 Å². The van der Waals surface area contributed by atoms with Crippen molar-refractivity contribution < 1.29 is 26.4 Å². The van der Waals surface area contributed by atoms with Crippen molar-refractivity contribution in [2.75, 3.05) is 35.0 Å². The molecule has 2 N–H and O–H groups in total. The lowest BCUT2D eigenvalue weighted by atomic mass is 10.2. The quantitative estimate of drug-likeness (QED) is 0.712. The number of anilines is 2. The van der Waals surface area contributed by atoms with E-state index in [1.165, 1.54) is 16.4 Å². The molecular weight excluding hydrogens is 407 g/mol. The smallest absolute Gasteiger partial charge is 0.376 e. The fraction of sp³-hybridized carbons (Fsp3) is 0.316. The molecule has 0 fully saturated rings. The molecule has 1 aliphatic rings. The number of hydrogen-bond acceptors (Lipinski definition) is 4. The van der Waals surface area contributed by atoms with Crippen molar-refractivity contribution in [3.63, 3.8) is 0 Å². The van der Waals surface area contributed by atoms with Crippen LogP contribution in [0.4, 0.5) is 24.5 Å². The lowest BCUT2D eigenvalue weighted by Gasteiger charge is -2.19. The number of carbonyl (C=O) groups is 1. The Kier molecular flexibility index (Phi) is 6.02. The maximum absolute atomic E-state index is 12.7. The van der Waals surface area contributed by atoms with Gasteiger partial charge in [0.2, 0.25) is 15.9 Å². The summed E-state index contributed by atoms with van der Waals surface area (Å²) in [7, 11) is -3.58. The van der Waals surface area contributed by atoms with Crippen molar-refractivity contribution in [2.45, 2.75) is 12.6 Å². The minimum atomic E-state index is -4.47. The summed E-state index contributed by atoms with van der Waals surface area (Å²) in [4.78, 5) is 11.9. The van der Waals surface area contributed by atoms with Gasteiger partial charge in [-0.1, -0.05) is 24.3 Å². The molecule has 0 saturated heterocycles. The van der Waals surface area contributed by atoms with Crippen LogP contribution in [0.15, 0.2) is 48.5 Å². The third-order valence-electron chi connectivity index (χ3n) is 4.51. The summed E-state index contributed by atoms with van der Waals surface area (Å²) in [6.45, 7) is 0.00470. The molecule has 0 spiro atoms. The molecule has 0 radical (unpaired) electrons. The average molecular weight is 427 g/mol. The first-order valence-electron chi connectivity index (χ1n) is 8.93. The van der Waals surface area contributed by atoms with Gasteiger partial charge in [-0.25, -0.2) is 8.42 Å². The third-order valence-corrected chi connectivity index (χ3v) is 6.28. The summed E-state index contributed by atoms with van der Waals surface area (Å²) < 4.78 is 64.5. The molecule has 0 aromatic heterocycles. The van der Waals surface area contributed by atoms with Gasteiger partial charge in [0.05, 0.1) is 23.5 Å². The Labute approximate surface area is 166 Å². The number of halogens is 3. The largest absolute Gasteiger partial charge is 0.416 e. The van der Waals surface area contributed by atoms with Gasteiger partial charge in [0.15, 0.2) is 0 Å². The number of amides is 1. The Bertz CT molecular complexity index is 993. The fourth-order valence-electron chi connectivity index (χ4n) is 3.08. The lowest BCUT2D eigenvalue weighted by molar-refractivity contribution is -0.137. The molecule has 0 atom stereocenters. The Morgan fingerprint density at radius 2 is 1.86 bits per heavy atom. The van der Waals surface area contributed by atoms with Crippen LogP contribution in [0.5, 0.6) is 0 Å². The molecule has 0 aliphatic carbocycles. The molecule has 2 aromatic rings. The third kappa shape index (κ3) is 5.20. The van der Waals surface area contributed by atoms with Gasteiger partial charge in [0.1, 0.15) is 0 Å². The second-order valence-corrected chi connectivity index (χ2v) is 8.56. The number of nitrogens with zero attached hydrogens (tertiary/aromatic N) is 1. The van der Waals surface area contributed by atoms with Gasteiger partial charge in [0.25, 0.3) is 0 Å². The van der Waals surface area contributed by atoms with Gasteiger partial charge in [0, 0.05) is 18.8 Å². The first-order valence-corrected chi connectivity index (χ1v) is 10.5. The van der Waals surface area contributed by atoms with E-state index in [0.717, 1.165) is 17.7 Å². The van der Waals surface area contributed by atoms with E-state index < -0.39 is 27.7 Å². The summed E-state index contributed by atoms with van der Waals surface area (Å²) in [6, 6.07) is 11.8. The molecule has 0 saturated carbocycles. The number of carbonyl (C=O) groups excluding carboxylic acids is 1. The monoisotopic (exact) mass is 427 g/mol. The van der Waals surface area contributed by atoms with Crippen LogP contribution in [0.3, 0.4) is 0 Å². The minimum Gasteiger partial charge on any atom is -0.376 e. The molecule has 29 heavy (non-hydrogen) atoms. The molecule has 0 unspecified atom stereocenters. The van der Waals surface area contributed by atoms with Crippen LogP contribution >= 0.6 is 0 Å². The molecular formula is C19H20F3N3O3S. The average Bonchev–Trinajstić information content (AvgIpc) is 3.11. The van der Waals surface area contributed by atoms with Crippen molar-refractivity contribution >= 4 is 27.3 Å². The number of rotatable bonds is 7. The van der Waals surface area contributed by atoms with Crippen molar-refractivity contribution in [1.82, 2.24) is 5.32 Å². The maximum Gasteiger partial charge on any atom is 0.416 e. The first-order chi connectivity index (χ1) is 13.7. The van der Waals surface area contributed by atoms with E-state index in [1.807, 2.05) is 12.1 Å². The summed E-state index contributed by atoms with van der Waals surface area (Å²) in [5.74, 6) is -0.782. The van der Waals surface area contributed by atoms with Crippen LogP contribution in [0.2, 0.25) is 0 Å². The standard InChI is InChI=1S/C19H20F3N3O3S/c20-19(21,22)15-5-3-6-16(12-15)24-13-18(26)23-9-11-29(27,28)25-10-8-14-4-1-2-7-17(14)25/h1-7,12,24H,8-11,13H2,(H,23,26). The first kappa shape index (κ1) is 21.0. The van der Waals surface area contributed by atoms with Gasteiger partial charge in [-0.05, 0) is 36.2 Å². The molecule has 156 valence electrons. The lowest BCUT2D eigenvalue weighted by Crippen LogP contribution is -2.38. The van der Waals surface area contributed by atoms with Crippen LogP contribution in [-0.4, -0.2) is 39.7 Å². The van der Waals surface area contributed by atoms with Crippen LogP contribution < -0.4 is 14.9 Å². The van der Waals surface area contributed by atoms with Gasteiger partial charge in [-0.15, -0.1) is 0 Å². The number of alkyl halides is 3. The van der Waals surface area contributed by atoms with Crippen LogP contribution in [-0.2, 0) is 27.4 Å². The number of benzene rings is 2.